The number of para-hydroxylation sites is 1. The van der Waals surface area contributed by atoms with Crippen LogP contribution in [0.25, 0.3) is 22.3 Å². The predicted molar refractivity (Wildman–Crippen MR) is 129 cm³/mol. The Balaban J connectivity index is 1.39. The number of pyridine rings is 2. The van der Waals surface area contributed by atoms with E-state index in [0.29, 0.717) is 17.9 Å². The highest BCUT2D eigenvalue weighted by atomic mass is 16.6. The number of fused-ring (bicyclic) bond motifs is 5. The molecule has 3 aliphatic rings. The average molecular weight is 499 g/mol. The minimum absolute atomic E-state index is 0.0224. The second kappa shape index (κ2) is 8.22. The van der Waals surface area contributed by atoms with E-state index < -0.39 is 29.4 Å². The molecule has 0 aliphatic carbocycles. The highest BCUT2D eigenvalue weighted by molar-refractivity contribution is 6.13. The molecule has 5 heterocycles. The molecule has 2 amide bonds. The van der Waals surface area contributed by atoms with Gasteiger partial charge in [0.05, 0.1) is 35.4 Å². The molecule has 2 aromatic heterocycles. The van der Waals surface area contributed by atoms with Crippen LogP contribution in [-0.2, 0) is 47.4 Å². The summed E-state index contributed by atoms with van der Waals surface area (Å²) in [6.45, 7) is 1.56. The van der Waals surface area contributed by atoms with Crippen molar-refractivity contribution in [2.24, 2.45) is 0 Å². The summed E-state index contributed by atoms with van der Waals surface area (Å²) in [5.41, 5.74) is 1.15. The van der Waals surface area contributed by atoms with Gasteiger partial charge in [0.2, 0.25) is 5.60 Å². The van der Waals surface area contributed by atoms with Crippen molar-refractivity contribution in [2.45, 2.75) is 38.5 Å². The number of imide groups is 1. The summed E-state index contributed by atoms with van der Waals surface area (Å²) < 4.78 is 12.6. The smallest absolute Gasteiger partial charge is 0.355 e. The molecule has 1 aromatic carbocycles. The molecule has 186 valence electrons. The summed E-state index contributed by atoms with van der Waals surface area (Å²) in [5, 5.41) is 0.951. The number of hydrogen-bond donors (Lipinski definition) is 0. The summed E-state index contributed by atoms with van der Waals surface area (Å²) in [5.74, 6) is -2.62. The summed E-state index contributed by atoms with van der Waals surface area (Å²) in [4.78, 5) is 68.8. The highest BCUT2D eigenvalue weighted by Gasteiger charge is 2.50. The van der Waals surface area contributed by atoms with Crippen LogP contribution < -0.4 is 5.56 Å². The lowest BCUT2D eigenvalue weighted by atomic mass is 9.85. The average Bonchev–Trinajstić information content (AvgIpc) is 3.41. The molecule has 0 bridgehead atoms. The van der Waals surface area contributed by atoms with Gasteiger partial charge >= 0.3 is 11.9 Å². The number of amides is 2. The molecule has 0 fully saturated rings. The fraction of sp³-hybridized carbons (Fsp3) is 0.259. The Morgan fingerprint density at radius 3 is 2.62 bits per heavy atom. The Kier molecular flexibility index (Phi) is 5.08. The monoisotopic (exact) mass is 499 g/mol. The van der Waals surface area contributed by atoms with Gasteiger partial charge in [-0.05, 0) is 24.6 Å². The van der Waals surface area contributed by atoms with Crippen LogP contribution in [-0.4, -0.2) is 44.7 Å². The second-order valence-electron chi connectivity index (χ2n) is 9.14. The zero-order valence-electron chi connectivity index (χ0n) is 19.9. The number of esters is 2. The van der Waals surface area contributed by atoms with Gasteiger partial charge in [0, 0.05) is 35.2 Å². The number of benzene rings is 1. The lowest BCUT2D eigenvalue weighted by Crippen LogP contribution is -2.47. The molecule has 0 radical (unpaired) electrons. The van der Waals surface area contributed by atoms with Gasteiger partial charge in [0.25, 0.3) is 17.4 Å². The Bertz CT molecular complexity index is 1620. The van der Waals surface area contributed by atoms with E-state index in [1.54, 1.807) is 17.6 Å². The van der Waals surface area contributed by atoms with Crippen LogP contribution in [0.3, 0.4) is 0 Å². The van der Waals surface area contributed by atoms with Gasteiger partial charge in [0.1, 0.15) is 6.61 Å². The molecule has 10 heteroatoms. The van der Waals surface area contributed by atoms with Crippen LogP contribution in [0.5, 0.6) is 0 Å². The molecule has 0 N–H and O–H groups in total. The number of cyclic esters (lactones) is 1. The third-order valence-electron chi connectivity index (χ3n) is 7.11. The largest absolute Gasteiger partial charge is 0.457 e. The molecular weight excluding hydrogens is 478 g/mol. The fourth-order valence-corrected chi connectivity index (χ4v) is 5.18. The van der Waals surface area contributed by atoms with E-state index >= 15 is 0 Å². The Morgan fingerprint density at radius 1 is 1.11 bits per heavy atom. The third-order valence-corrected chi connectivity index (χ3v) is 7.11. The van der Waals surface area contributed by atoms with Gasteiger partial charge in [-0.15, -0.1) is 0 Å². The molecular formula is C27H21N3O7. The van der Waals surface area contributed by atoms with Crippen LogP contribution in [0, 0.1) is 0 Å². The van der Waals surface area contributed by atoms with Crippen LogP contribution >= 0.6 is 0 Å². The zero-order chi connectivity index (χ0) is 25.9. The topological polar surface area (TPSA) is 125 Å². The molecule has 0 spiro atoms. The van der Waals surface area contributed by atoms with Crippen LogP contribution in [0.15, 0.2) is 53.3 Å². The first kappa shape index (κ1) is 22.8. The quantitative estimate of drug-likeness (QED) is 0.301. The van der Waals surface area contributed by atoms with Crippen molar-refractivity contribution < 1.29 is 28.7 Å². The second-order valence-corrected chi connectivity index (χ2v) is 9.14. The number of carbonyl (C=O) groups excluding carboxylic acids is 4. The lowest BCUT2D eigenvalue weighted by molar-refractivity contribution is -0.189. The highest BCUT2D eigenvalue weighted by Crippen LogP contribution is 2.41. The molecule has 1 unspecified atom stereocenters. The predicted octanol–water partition coefficient (Wildman–Crippen LogP) is 1.95. The molecule has 6 rings (SSSR count). The van der Waals surface area contributed by atoms with Crippen molar-refractivity contribution in [1.82, 2.24) is 14.5 Å². The van der Waals surface area contributed by atoms with Crippen LogP contribution in [0.1, 0.15) is 36.5 Å². The first-order chi connectivity index (χ1) is 17.8. The van der Waals surface area contributed by atoms with Gasteiger partial charge in [-0.1, -0.05) is 25.1 Å². The number of hydrogen-bond acceptors (Lipinski definition) is 8. The maximum Gasteiger partial charge on any atom is 0.355 e. The van der Waals surface area contributed by atoms with E-state index in [1.165, 1.54) is 0 Å². The molecule has 10 nitrogen and oxygen atoms in total. The SMILES string of the molecule is CCC1(OC(=O)CCN2C(=O)C=CC2=O)C(=O)OCc2c1cc1n(c2=O)Cc2cc3ccccc3nc2-1. The minimum atomic E-state index is -1.84. The van der Waals surface area contributed by atoms with Crippen molar-refractivity contribution in [3.8, 4) is 11.4 Å². The van der Waals surface area contributed by atoms with Crippen molar-refractivity contribution in [3.63, 3.8) is 0 Å². The van der Waals surface area contributed by atoms with Crippen LogP contribution in [0.2, 0.25) is 0 Å². The normalized spacial score (nSPS) is 19.6. The third kappa shape index (κ3) is 3.40. The van der Waals surface area contributed by atoms with E-state index in [-0.39, 0.29) is 42.7 Å². The number of aromatic nitrogens is 2. The molecule has 1 atom stereocenters. The fourth-order valence-electron chi connectivity index (χ4n) is 5.18. The Morgan fingerprint density at radius 2 is 1.86 bits per heavy atom. The molecule has 0 saturated carbocycles. The summed E-state index contributed by atoms with van der Waals surface area (Å²) in [7, 11) is 0. The van der Waals surface area contributed by atoms with Crippen LogP contribution in [0.4, 0.5) is 0 Å². The number of ether oxygens (including phenoxy) is 2. The van der Waals surface area contributed by atoms with E-state index in [4.69, 9.17) is 14.5 Å². The first-order valence-electron chi connectivity index (χ1n) is 11.9. The van der Waals surface area contributed by atoms with Gasteiger partial charge in [0.15, 0.2) is 0 Å². The zero-order valence-corrected chi connectivity index (χ0v) is 19.9. The van der Waals surface area contributed by atoms with Crippen molar-refractivity contribution >= 4 is 34.7 Å². The summed E-state index contributed by atoms with van der Waals surface area (Å²) >= 11 is 0. The van der Waals surface area contributed by atoms with Gasteiger partial charge < -0.3 is 14.0 Å². The van der Waals surface area contributed by atoms with Crippen molar-refractivity contribution in [2.75, 3.05) is 6.54 Å². The van der Waals surface area contributed by atoms with E-state index in [9.17, 15) is 24.0 Å². The van der Waals surface area contributed by atoms with Gasteiger partial charge in [-0.2, -0.15) is 0 Å². The molecule has 37 heavy (non-hydrogen) atoms. The number of nitrogens with zero attached hydrogens (tertiary/aromatic N) is 3. The maximum atomic E-state index is 13.6. The Hall–Kier alpha value is -4.60. The standard InChI is InChI=1S/C27H21N3O7/c1-2-27(37-23(33)9-10-29-21(31)7-8-22(29)32)18-12-20-24-16(11-15-5-3-4-6-19(15)28-24)13-30(20)25(34)17(18)14-36-26(27)35/h3-8,11-12H,2,9-10,13-14H2,1H3. The molecule has 3 aliphatic heterocycles. The Labute approximate surface area is 210 Å². The number of rotatable bonds is 5. The van der Waals surface area contributed by atoms with Gasteiger partial charge in [-0.25, -0.2) is 9.78 Å². The minimum Gasteiger partial charge on any atom is -0.457 e. The molecule has 3 aromatic rings. The summed E-state index contributed by atoms with van der Waals surface area (Å²) in [6, 6.07) is 11.3. The maximum absolute atomic E-state index is 13.6. The summed E-state index contributed by atoms with van der Waals surface area (Å²) in [6.07, 6.45) is 1.95. The van der Waals surface area contributed by atoms with E-state index in [1.807, 2.05) is 30.3 Å². The van der Waals surface area contributed by atoms with Gasteiger partial charge in [-0.3, -0.25) is 24.1 Å². The molecule has 0 saturated heterocycles. The lowest BCUT2D eigenvalue weighted by Gasteiger charge is -2.35. The van der Waals surface area contributed by atoms with Crippen molar-refractivity contribution in [3.05, 3.63) is 75.6 Å². The van der Waals surface area contributed by atoms with E-state index in [0.717, 1.165) is 33.5 Å². The van der Waals surface area contributed by atoms with Crippen molar-refractivity contribution in [1.29, 1.82) is 0 Å². The van der Waals surface area contributed by atoms with E-state index in [2.05, 4.69) is 0 Å². The number of carbonyl (C=O) groups is 4. The first-order valence-corrected chi connectivity index (χ1v) is 11.9.